The van der Waals surface area contributed by atoms with E-state index in [9.17, 15) is 4.79 Å². The molecule has 2 heterocycles. The molecular weight excluding hydrogens is 282 g/mol. The maximum Gasteiger partial charge on any atom is 0.410 e. The molecule has 1 amide bonds. The van der Waals surface area contributed by atoms with Crippen molar-refractivity contribution < 1.29 is 9.90 Å². The number of nitrogens with zero attached hydrogens (tertiary/aromatic N) is 3. The number of nitrogens with two attached hydrogens (primary N) is 1. The molecule has 0 unspecified atom stereocenters. The molecule has 0 saturated heterocycles. The van der Waals surface area contributed by atoms with Gasteiger partial charge in [0.15, 0.2) is 0 Å². The molecule has 0 fully saturated rings. The molecule has 0 aliphatic heterocycles. The Hall–Kier alpha value is -2.83. The molecule has 2 aromatic heterocycles. The molecule has 22 heavy (non-hydrogen) atoms. The first-order valence-electron chi connectivity index (χ1n) is 7.15. The summed E-state index contributed by atoms with van der Waals surface area (Å²) in [5.41, 5.74) is 8.70. The molecule has 2 aromatic rings. The predicted octanol–water partition coefficient (Wildman–Crippen LogP) is 3.03. The maximum absolute atomic E-state index is 10.6. The standard InChI is InChI=1S/C15H17N5O2/c16-13-8-12(19-20(13)11-4-2-1-3-5-11)10-6-7-14(17-9-10)18-15(21)22/h4,6-9H,1-3,5,16H2,(H,17,18)(H,21,22). The van der Waals surface area contributed by atoms with E-state index >= 15 is 0 Å². The Labute approximate surface area is 127 Å². The van der Waals surface area contributed by atoms with Gasteiger partial charge in [-0.05, 0) is 37.8 Å². The fourth-order valence-electron chi connectivity index (χ4n) is 2.51. The van der Waals surface area contributed by atoms with Gasteiger partial charge in [-0.2, -0.15) is 5.10 Å². The van der Waals surface area contributed by atoms with Crippen molar-refractivity contribution in [3.05, 3.63) is 30.5 Å². The van der Waals surface area contributed by atoms with Gasteiger partial charge in [-0.15, -0.1) is 0 Å². The van der Waals surface area contributed by atoms with Crippen LogP contribution in [0.25, 0.3) is 17.0 Å². The smallest absolute Gasteiger partial charge is 0.410 e. The van der Waals surface area contributed by atoms with Crippen molar-refractivity contribution in [3.8, 4) is 11.3 Å². The van der Waals surface area contributed by atoms with Crippen molar-refractivity contribution in [2.45, 2.75) is 25.7 Å². The second-order valence-electron chi connectivity index (χ2n) is 5.17. The van der Waals surface area contributed by atoms with E-state index < -0.39 is 6.09 Å². The lowest BCUT2D eigenvalue weighted by atomic mass is 10.1. The lowest BCUT2D eigenvalue weighted by molar-refractivity contribution is 0.209. The second-order valence-corrected chi connectivity index (χ2v) is 5.17. The molecule has 7 nitrogen and oxygen atoms in total. The van der Waals surface area contributed by atoms with Gasteiger partial charge in [0, 0.05) is 23.5 Å². The number of anilines is 2. The molecule has 1 aliphatic rings. The number of hydrogen-bond donors (Lipinski definition) is 3. The fraction of sp³-hybridized carbons (Fsp3) is 0.267. The van der Waals surface area contributed by atoms with Crippen molar-refractivity contribution in [2.75, 3.05) is 11.1 Å². The molecular formula is C15H17N5O2. The molecule has 0 aromatic carbocycles. The van der Waals surface area contributed by atoms with Crippen molar-refractivity contribution >= 4 is 23.4 Å². The number of nitrogen functional groups attached to an aromatic ring is 1. The summed E-state index contributed by atoms with van der Waals surface area (Å²) in [5, 5.41) is 15.4. The van der Waals surface area contributed by atoms with Crippen LogP contribution in [0.15, 0.2) is 30.5 Å². The molecule has 4 N–H and O–H groups in total. The zero-order chi connectivity index (χ0) is 15.5. The van der Waals surface area contributed by atoms with Gasteiger partial charge in [-0.1, -0.05) is 6.08 Å². The van der Waals surface area contributed by atoms with E-state index in [-0.39, 0.29) is 5.82 Å². The van der Waals surface area contributed by atoms with Crippen LogP contribution in [0.1, 0.15) is 25.7 Å². The minimum Gasteiger partial charge on any atom is -0.465 e. The summed E-state index contributed by atoms with van der Waals surface area (Å²) in [6, 6.07) is 5.16. The van der Waals surface area contributed by atoms with Crippen molar-refractivity contribution in [3.63, 3.8) is 0 Å². The lowest BCUT2D eigenvalue weighted by Gasteiger charge is -2.13. The van der Waals surface area contributed by atoms with E-state index in [2.05, 4.69) is 21.5 Å². The largest absolute Gasteiger partial charge is 0.465 e. The van der Waals surface area contributed by atoms with Gasteiger partial charge in [0.05, 0.1) is 5.69 Å². The Kier molecular flexibility index (Phi) is 3.78. The Balaban J connectivity index is 1.86. The summed E-state index contributed by atoms with van der Waals surface area (Å²) >= 11 is 0. The summed E-state index contributed by atoms with van der Waals surface area (Å²) in [5.74, 6) is 0.870. The van der Waals surface area contributed by atoms with Crippen molar-refractivity contribution in [1.29, 1.82) is 0 Å². The number of pyridine rings is 1. The van der Waals surface area contributed by atoms with E-state index in [1.165, 1.54) is 6.42 Å². The number of hydrogen-bond acceptors (Lipinski definition) is 4. The average molecular weight is 299 g/mol. The number of carboxylic acid groups (broad SMARTS) is 1. The Morgan fingerprint density at radius 2 is 2.23 bits per heavy atom. The fourth-order valence-corrected chi connectivity index (χ4v) is 2.51. The third-order valence-electron chi connectivity index (χ3n) is 3.57. The molecule has 114 valence electrons. The van der Waals surface area contributed by atoms with Gasteiger partial charge < -0.3 is 10.8 Å². The molecule has 0 saturated carbocycles. The van der Waals surface area contributed by atoms with Crippen LogP contribution < -0.4 is 11.1 Å². The zero-order valence-corrected chi connectivity index (χ0v) is 12.0. The first-order chi connectivity index (χ1) is 10.6. The molecule has 0 radical (unpaired) electrons. The third kappa shape index (κ3) is 2.93. The lowest BCUT2D eigenvalue weighted by Crippen LogP contribution is -2.08. The highest BCUT2D eigenvalue weighted by Gasteiger charge is 2.13. The quantitative estimate of drug-likeness (QED) is 0.807. The summed E-state index contributed by atoms with van der Waals surface area (Å²) < 4.78 is 1.78. The number of amides is 1. The number of nitrogens with one attached hydrogen (secondary N) is 1. The summed E-state index contributed by atoms with van der Waals surface area (Å²) in [6.07, 6.45) is 7.00. The van der Waals surface area contributed by atoms with E-state index in [0.29, 0.717) is 5.82 Å². The molecule has 7 heteroatoms. The van der Waals surface area contributed by atoms with E-state index in [1.54, 1.807) is 29.1 Å². The van der Waals surface area contributed by atoms with Crippen molar-refractivity contribution in [2.24, 2.45) is 0 Å². The van der Waals surface area contributed by atoms with Gasteiger partial charge in [0.2, 0.25) is 0 Å². The van der Waals surface area contributed by atoms with Crippen LogP contribution in [0.3, 0.4) is 0 Å². The van der Waals surface area contributed by atoms with Gasteiger partial charge in [-0.3, -0.25) is 5.32 Å². The normalized spacial score (nSPS) is 14.5. The monoisotopic (exact) mass is 299 g/mol. The topological polar surface area (TPSA) is 106 Å². The highest BCUT2D eigenvalue weighted by molar-refractivity contribution is 5.81. The van der Waals surface area contributed by atoms with Gasteiger partial charge >= 0.3 is 6.09 Å². The average Bonchev–Trinajstić information content (AvgIpc) is 2.90. The van der Waals surface area contributed by atoms with E-state index in [0.717, 1.165) is 36.2 Å². The van der Waals surface area contributed by atoms with Crippen LogP contribution in [-0.2, 0) is 0 Å². The van der Waals surface area contributed by atoms with Crippen LogP contribution in [0.4, 0.5) is 16.4 Å². The summed E-state index contributed by atoms with van der Waals surface area (Å²) in [4.78, 5) is 14.6. The Bertz CT molecular complexity index is 718. The maximum atomic E-state index is 10.6. The predicted molar refractivity (Wildman–Crippen MR) is 84.3 cm³/mol. The molecule has 0 spiro atoms. The van der Waals surface area contributed by atoms with Crippen LogP contribution >= 0.6 is 0 Å². The Morgan fingerprint density at radius 3 is 2.86 bits per heavy atom. The number of allylic oxidation sites excluding steroid dienone is 2. The van der Waals surface area contributed by atoms with Crippen LogP contribution in [0.2, 0.25) is 0 Å². The third-order valence-corrected chi connectivity index (χ3v) is 3.57. The van der Waals surface area contributed by atoms with Gasteiger partial charge in [0.25, 0.3) is 0 Å². The molecule has 0 atom stereocenters. The van der Waals surface area contributed by atoms with E-state index in [1.807, 2.05) is 0 Å². The van der Waals surface area contributed by atoms with Crippen molar-refractivity contribution in [1.82, 2.24) is 14.8 Å². The minimum absolute atomic E-state index is 0.277. The number of carbonyl (C=O) groups is 1. The van der Waals surface area contributed by atoms with Gasteiger partial charge in [-0.25, -0.2) is 14.5 Å². The van der Waals surface area contributed by atoms with Gasteiger partial charge in [0.1, 0.15) is 11.6 Å². The summed E-state index contributed by atoms with van der Waals surface area (Å²) in [7, 11) is 0. The number of aromatic nitrogens is 3. The summed E-state index contributed by atoms with van der Waals surface area (Å²) in [6.45, 7) is 0. The SMILES string of the molecule is Nc1cc(-c2ccc(NC(=O)O)nc2)nn1C1=CCCCC1. The zero-order valence-electron chi connectivity index (χ0n) is 12.0. The van der Waals surface area contributed by atoms with Crippen LogP contribution in [0.5, 0.6) is 0 Å². The molecule has 0 bridgehead atoms. The van der Waals surface area contributed by atoms with Crippen LogP contribution in [0, 0.1) is 0 Å². The molecule has 3 rings (SSSR count). The number of rotatable bonds is 3. The highest BCUT2D eigenvalue weighted by Crippen LogP contribution is 2.27. The molecule has 1 aliphatic carbocycles. The van der Waals surface area contributed by atoms with Crippen LogP contribution in [-0.4, -0.2) is 26.0 Å². The first-order valence-corrected chi connectivity index (χ1v) is 7.15. The minimum atomic E-state index is -1.14. The Morgan fingerprint density at radius 1 is 1.36 bits per heavy atom. The highest BCUT2D eigenvalue weighted by atomic mass is 16.4. The first kappa shape index (κ1) is 14.1. The van der Waals surface area contributed by atoms with E-state index in [4.69, 9.17) is 10.8 Å². The second kappa shape index (κ2) is 5.88.